The molecule has 11 nitrogen and oxygen atoms in total. The topological polar surface area (TPSA) is 141 Å². The van der Waals surface area contributed by atoms with E-state index in [9.17, 15) is 23.8 Å². The van der Waals surface area contributed by atoms with E-state index in [0.717, 1.165) is 64.2 Å². The van der Waals surface area contributed by atoms with Crippen molar-refractivity contribution in [1.29, 1.82) is 0 Å². The minimum Gasteiger partial charge on any atom is -0.756 e. The van der Waals surface area contributed by atoms with Gasteiger partial charge in [-0.15, -0.1) is 0 Å². The largest absolute Gasteiger partial charge is 0.756 e. The zero-order valence-corrected chi connectivity index (χ0v) is 42.1. The molecule has 1 unspecified atom stereocenters. The third-order valence-corrected chi connectivity index (χ3v) is 12.0. The molecular weight excluding hydrogens is 830 g/mol. The number of likely N-dealkylation sites (N-methyl/N-ethyl adjacent to an activating group) is 1. The van der Waals surface area contributed by atoms with Crippen LogP contribution in [0.15, 0.2) is 53.0 Å². The van der Waals surface area contributed by atoms with E-state index in [2.05, 4.69) is 52.0 Å². The van der Waals surface area contributed by atoms with Crippen LogP contribution in [-0.4, -0.2) is 75.8 Å². The Labute approximate surface area is 388 Å². The quantitative estimate of drug-likeness (QED) is 0.0118. The molecule has 0 aromatic carbocycles. The summed E-state index contributed by atoms with van der Waals surface area (Å²) < 4.78 is 40.0. The molecule has 1 aromatic rings. The first-order chi connectivity index (χ1) is 30.7. The van der Waals surface area contributed by atoms with E-state index in [4.69, 9.17) is 22.9 Å². The summed E-state index contributed by atoms with van der Waals surface area (Å²) in [5.74, 6) is 1.14. The highest BCUT2D eigenvalue weighted by molar-refractivity contribution is 7.45. The lowest BCUT2D eigenvalue weighted by molar-refractivity contribution is -0.870. The average Bonchev–Trinajstić information content (AvgIpc) is 3.51. The maximum atomic E-state index is 12.8. The third-order valence-electron chi connectivity index (χ3n) is 11.0. The lowest BCUT2D eigenvalue weighted by Gasteiger charge is -2.28. The van der Waals surface area contributed by atoms with Gasteiger partial charge in [-0.3, -0.25) is 18.9 Å². The fraction of sp³-hybridized carbons (Fsp3) is 0.712. The maximum absolute atomic E-state index is 12.8. The Balaban J connectivity index is 2.38. The molecule has 0 saturated carbocycles. The summed E-state index contributed by atoms with van der Waals surface area (Å²) in [5.41, 5.74) is 2.67. The molecule has 366 valence electrons. The number of ketones is 1. The number of esters is 2. The van der Waals surface area contributed by atoms with Gasteiger partial charge in [0.15, 0.2) is 11.9 Å². The van der Waals surface area contributed by atoms with Gasteiger partial charge in [-0.05, 0) is 82.4 Å². The van der Waals surface area contributed by atoms with Crippen LogP contribution in [0.3, 0.4) is 0 Å². The summed E-state index contributed by atoms with van der Waals surface area (Å²) in [6.45, 7) is 8.25. The average molecular weight is 918 g/mol. The van der Waals surface area contributed by atoms with Gasteiger partial charge >= 0.3 is 11.9 Å². The molecular formula is C52H88NO10P. The van der Waals surface area contributed by atoms with E-state index in [-0.39, 0.29) is 44.7 Å². The number of phosphoric acid groups is 1. The Morgan fingerprint density at radius 1 is 0.641 bits per heavy atom. The van der Waals surface area contributed by atoms with Crippen molar-refractivity contribution in [3.05, 3.63) is 71.3 Å². The molecule has 1 rings (SSSR count). The van der Waals surface area contributed by atoms with E-state index in [1.807, 2.05) is 33.3 Å². The number of nitrogens with zero attached hydrogens (tertiary/aromatic N) is 1. The Morgan fingerprint density at radius 2 is 1.19 bits per heavy atom. The third kappa shape index (κ3) is 33.4. The summed E-state index contributed by atoms with van der Waals surface area (Å²) in [4.78, 5) is 50.0. The number of phosphoric ester groups is 1. The first-order valence-corrected chi connectivity index (χ1v) is 26.1. The lowest BCUT2D eigenvalue weighted by atomic mass is 10.0. The van der Waals surface area contributed by atoms with Crippen molar-refractivity contribution in [3.63, 3.8) is 0 Å². The smallest absolute Gasteiger partial charge is 0.306 e. The summed E-state index contributed by atoms with van der Waals surface area (Å²) >= 11 is 0. The molecule has 12 heteroatoms. The number of furan rings is 1. The Kier molecular flexibility index (Phi) is 34.1. The molecule has 0 bridgehead atoms. The number of carbonyl (C=O) groups is 3. The van der Waals surface area contributed by atoms with Gasteiger partial charge < -0.3 is 32.3 Å². The number of quaternary nitrogens is 1. The van der Waals surface area contributed by atoms with Gasteiger partial charge in [-0.1, -0.05) is 133 Å². The SMILES string of the molecule is CCCCC/C=C\C/C=C\C/C=C\C=C\C(=O)CCCC(=O)OC[C@H](COP(=O)([O-])OCC[N+](C)(C)C)OC(=O)CCCCCCCCCCCCc1oc(CCCCC)c(C)c1C. The normalized spacial score (nSPS) is 13.8. The molecule has 64 heavy (non-hydrogen) atoms. The van der Waals surface area contributed by atoms with Gasteiger partial charge in [-0.25, -0.2) is 0 Å². The van der Waals surface area contributed by atoms with Gasteiger partial charge in [0.1, 0.15) is 31.3 Å². The summed E-state index contributed by atoms with van der Waals surface area (Å²) in [6, 6.07) is 0. The Hall–Kier alpha value is -3.08. The molecule has 0 N–H and O–H groups in total. The minimum absolute atomic E-state index is 0.0196. The second kappa shape index (κ2) is 37.1. The number of unbranched alkanes of at least 4 members (excludes halogenated alkanes) is 14. The lowest BCUT2D eigenvalue weighted by Crippen LogP contribution is -2.37. The van der Waals surface area contributed by atoms with Crippen molar-refractivity contribution in [3.8, 4) is 0 Å². The van der Waals surface area contributed by atoms with Crippen molar-refractivity contribution in [2.24, 2.45) is 0 Å². The number of hydrogen-bond donors (Lipinski definition) is 0. The van der Waals surface area contributed by atoms with Gasteiger partial charge in [0, 0.05) is 32.1 Å². The number of rotatable bonds is 41. The molecule has 1 aromatic heterocycles. The van der Waals surface area contributed by atoms with Crippen molar-refractivity contribution in [2.45, 2.75) is 194 Å². The van der Waals surface area contributed by atoms with Gasteiger partial charge in [0.2, 0.25) is 0 Å². The molecule has 0 aliphatic rings. The molecule has 0 saturated heterocycles. The van der Waals surface area contributed by atoms with E-state index >= 15 is 0 Å². The molecule has 0 amide bonds. The van der Waals surface area contributed by atoms with E-state index in [1.54, 1.807) is 6.08 Å². The predicted octanol–water partition coefficient (Wildman–Crippen LogP) is 12.5. The summed E-state index contributed by atoms with van der Waals surface area (Å²) in [6.07, 6.45) is 38.2. The van der Waals surface area contributed by atoms with Crippen LogP contribution in [0.25, 0.3) is 0 Å². The van der Waals surface area contributed by atoms with Crippen LogP contribution in [0.2, 0.25) is 0 Å². The standard InChI is InChI=1S/C52H88NO10P/c1-8-10-12-13-14-15-16-17-18-21-24-27-31-35-47(54)36-34-40-51(55)59-43-48(44-61-64(57,58)60-42-41-53(5,6)7)62-52(56)39-33-29-26-23-20-19-22-25-28-32-38-50-46(4)45(3)49(63-50)37-30-11-9-2/h14-15,17-18,24,27,31,35,48H,8-13,16,19-23,25-26,28-30,32-34,36-44H2,1-7H3/b15-14-,18-17-,27-24-,35-31+/t48-/m1/s1. The minimum atomic E-state index is -4.70. The highest BCUT2D eigenvalue weighted by Crippen LogP contribution is 2.38. The molecule has 0 radical (unpaired) electrons. The Bertz CT molecular complexity index is 1570. The highest BCUT2D eigenvalue weighted by atomic mass is 31.2. The second-order valence-corrected chi connectivity index (χ2v) is 19.5. The first-order valence-electron chi connectivity index (χ1n) is 24.7. The zero-order chi connectivity index (χ0) is 47.3. The van der Waals surface area contributed by atoms with Crippen LogP contribution >= 0.6 is 7.82 Å². The van der Waals surface area contributed by atoms with Crippen molar-refractivity contribution < 1.29 is 51.3 Å². The van der Waals surface area contributed by atoms with E-state index in [1.165, 1.54) is 92.9 Å². The molecule has 2 atom stereocenters. The molecule has 0 fully saturated rings. The highest BCUT2D eigenvalue weighted by Gasteiger charge is 2.22. The molecule has 0 spiro atoms. The van der Waals surface area contributed by atoms with E-state index in [0.29, 0.717) is 17.4 Å². The number of ether oxygens (including phenoxy) is 2. The Morgan fingerprint density at radius 3 is 1.81 bits per heavy atom. The van der Waals surface area contributed by atoms with Gasteiger partial charge in [-0.2, -0.15) is 0 Å². The van der Waals surface area contributed by atoms with Crippen LogP contribution in [0, 0.1) is 13.8 Å². The van der Waals surface area contributed by atoms with E-state index < -0.39 is 32.5 Å². The molecule has 1 heterocycles. The molecule has 0 aliphatic heterocycles. The van der Waals surface area contributed by atoms with Crippen LogP contribution in [-0.2, 0) is 50.3 Å². The van der Waals surface area contributed by atoms with Crippen LogP contribution < -0.4 is 4.89 Å². The van der Waals surface area contributed by atoms with Crippen LogP contribution in [0.4, 0.5) is 0 Å². The summed E-state index contributed by atoms with van der Waals surface area (Å²) in [5, 5.41) is 0. The fourth-order valence-corrected chi connectivity index (χ4v) is 7.57. The second-order valence-electron chi connectivity index (χ2n) is 18.1. The monoisotopic (exact) mass is 918 g/mol. The predicted molar refractivity (Wildman–Crippen MR) is 258 cm³/mol. The van der Waals surface area contributed by atoms with Crippen LogP contribution in [0.1, 0.15) is 184 Å². The van der Waals surface area contributed by atoms with Crippen LogP contribution in [0.5, 0.6) is 0 Å². The number of hydrogen-bond acceptors (Lipinski definition) is 10. The number of aryl methyl sites for hydroxylation is 2. The fourth-order valence-electron chi connectivity index (χ4n) is 6.85. The van der Waals surface area contributed by atoms with Gasteiger partial charge in [0.25, 0.3) is 7.82 Å². The van der Waals surface area contributed by atoms with Gasteiger partial charge in [0.05, 0.1) is 27.7 Å². The van der Waals surface area contributed by atoms with Crippen molar-refractivity contribution in [1.82, 2.24) is 0 Å². The first kappa shape index (κ1) is 58.9. The molecule has 0 aliphatic carbocycles. The summed E-state index contributed by atoms with van der Waals surface area (Å²) in [7, 11) is 1.02. The number of allylic oxidation sites excluding steroid dienone is 8. The number of carbonyl (C=O) groups excluding carboxylic acids is 3. The van der Waals surface area contributed by atoms with Crippen molar-refractivity contribution in [2.75, 3.05) is 47.5 Å². The maximum Gasteiger partial charge on any atom is 0.306 e. The zero-order valence-electron chi connectivity index (χ0n) is 41.2. The van der Waals surface area contributed by atoms with Crippen molar-refractivity contribution >= 4 is 25.5 Å².